The van der Waals surface area contributed by atoms with E-state index in [1.165, 1.54) is 23.0 Å². The van der Waals surface area contributed by atoms with Gasteiger partial charge in [0.1, 0.15) is 22.6 Å². The van der Waals surface area contributed by atoms with Crippen molar-refractivity contribution in [2.45, 2.75) is 24.0 Å². The fraction of sp³-hybridized carbons (Fsp3) is 0.391. The van der Waals surface area contributed by atoms with Crippen LogP contribution in [0.15, 0.2) is 31.5 Å². The minimum Gasteiger partial charge on any atom is -0.448 e. The van der Waals surface area contributed by atoms with Crippen molar-refractivity contribution >= 4 is 81.3 Å². The summed E-state index contributed by atoms with van der Waals surface area (Å²) in [6.07, 6.45) is -0.330. The van der Waals surface area contributed by atoms with Gasteiger partial charge in [0.25, 0.3) is 5.56 Å². The minimum absolute atomic E-state index is 0. The van der Waals surface area contributed by atoms with Crippen LogP contribution in [0.3, 0.4) is 0 Å². The van der Waals surface area contributed by atoms with Gasteiger partial charge in [-0.25, -0.2) is 14.6 Å². The summed E-state index contributed by atoms with van der Waals surface area (Å²) in [5.74, 6) is 0.606. The van der Waals surface area contributed by atoms with Crippen LogP contribution >= 0.6 is 34.7 Å². The molecule has 189 valence electrons. The number of halogens is 1. The third-order valence-corrected chi connectivity index (χ3v) is 9.19. The fourth-order valence-corrected chi connectivity index (χ4v) is 7.52. The molecule has 4 aromatic heterocycles. The number of furan rings is 1. The molecule has 1 radical (unpaired) electrons. The second-order valence-electron chi connectivity index (χ2n) is 8.91. The van der Waals surface area contributed by atoms with Gasteiger partial charge in [-0.3, -0.25) is 13.9 Å². The Morgan fingerprint density at radius 3 is 2.59 bits per heavy atom. The zero-order valence-corrected chi connectivity index (χ0v) is 25.1. The van der Waals surface area contributed by atoms with Crippen LogP contribution in [-0.2, 0) is 25.4 Å². The molecular formula is C23H22ClN5NaO5S2. The van der Waals surface area contributed by atoms with Gasteiger partial charge < -0.3 is 18.6 Å². The minimum atomic E-state index is -0.411. The number of thioether (sulfide) groups is 1. The molecule has 37 heavy (non-hydrogen) atoms. The average molecular weight is 571 g/mol. The van der Waals surface area contributed by atoms with Crippen molar-refractivity contribution in [1.82, 2.24) is 23.6 Å². The maximum Gasteiger partial charge on any atom is 0.409 e. The van der Waals surface area contributed by atoms with Crippen molar-refractivity contribution in [2.24, 2.45) is 14.1 Å². The molecule has 6 heterocycles. The van der Waals surface area contributed by atoms with Crippen molar-refractivity contribution in [3.05, 3.63) is 60.7 Å². The molecule has 10 nitrogen and oxygen atoms in total. The molecule has 2 atom stereocenters. The van der Waals surface area contributed by atoms with Crippen molar-refractivity contribution in [2.75, 3.05) is 19.7 Å². The van der Waals surface area contributed by atoms with Gasteiger partial charge in [0.05, 0.1) is 28.8 Å². The van der Waals surface area contributed by atoms with E-state index in [1.807, 2.05) is 18.4 Å². The Hall–Kier alpha value is -1.96. The van der Waals surface area contributed by atoms with E-state index in [9.17, 15) is 14.4 Å². The summed E-state index contributed by atoms with van der Waals surface area (Å²) >= 11 is 9.23. The number of hydrogen-bond donors (Lipinski definition) is 0. The Bertz CT molecular complexity index is 1650. The van der Waals surface area contributed by atoms with E-state index in [0.717, 1.165) is 16.0 Å². The van der Waals surface area contributed by atoms with Crippen LogP contribution in [0.1, 0.15) is 22.4 Å². The Morgan fingerprint density at radius 1 is 1.19 bits per heavy atom. The summed E-state index contributed by atoms with van der Waals surface area (Å²) in [5.41, 5.74) is 2.06. The maximum atomic E-state index is 13.6. The van der Waals surface area contributed by atoms with E-state index in [4.69, 9.17) is 25.7 Å². The first-order valence-corrected chi connectivity index (χ1v) is 13.5. The van der Waals surface area contributed by atoms with Crippen molar-refractivity contribution in [3.63, 3.8) is 0 Å². The second-order valence-corrected chi connectivity index (χ2v) is 11.5. The number of hydrogen-bond acceptors (Lipinski definition) is 8. The van der Waals surface area contributed by atoms with Gasteiger partial charge in [-0.1, -0.05) is 0 Å². The van der Waals surface area contributed by atoms with E-state index >= 15 is 0 Å². The molecule has 1 amide bonds. The van der Waals surface area contributed by atoms with Gasteiger partial charge in [-0.15, -0.1) is 23.1 Å². The molecule has 0 aromatic carbocycles. The van der Waals surface area contributed by atoms with E-state index in [2.05, 4.69) is 4.57 Å². The summed E-state index contributed by atoms with van der Waals surface area (Å²) in [4.78, 5) is 45.2. The number of amides is 1. The summed E-state index contributed by atoms with van der Waals surface area (Å²) in [6, 6.07) is 3.49. The molecule has 14 heteroatoms. The molecule has 1 saturated heterocycles. The third-order valence-electron chi connectivity index (χ3n) is 6.61. The summed E-state index contributed by atoms with van der Waals surface area (Å²) < 4.78 is 15.7. The van der Waals surface area contributed by atoms with Gasteiger partial charge in [0.15, 0.2) is 5.22 Å². The monoisotopic (exact) mass is 570 g/mol. The number of thiazole rings is 1. The third kappa shape index (κ3) is 4.31. The Balaban J connectivity index is 0.00000280. The zero-order chi connectivity index (χ0) is 25.3. The molecule has 0 bridgehead atoms. The molecule has 0 N–H and O–H groups in total. The Kier molecular flexibility index (Phi) is 7.18. The Labute approximate surface area is 246 Å². The summed E-state index contributed by atoms with van der Waals surface area (Å²) in [6.45, 7) is 3.78. The number of carbonyl (C=O) groups is 1. The molecule has 0 spiro atoms. The molecule has 4 aromatic rings. The van der Waals surface area contributed by atoms with Crippen LogP contribution in [0.4, 0.5) is 4.79 Å². The number of fused-ring (bicyclic) bond motifs is 3. The van der Waals surface area contributed by atoms with Gasteiger partial charge in [-0.2, -0.15) is 0 Å². The van der Waals surface area contributed by atoms with Gasteiger partial charge in [0, 0.05) is 73.1 Å². The number of rotatable bonds is 4. The van der Waals surface area contributed by atoms with Crippen LogP contribution in [0.25, 0.3) is 21.6 Å². The van der Waals surface area contributed by atoms with Gasteiger partial charge in [0.2, 0.25) is 0 Å². The number of aryl methyl sites for hydroxylation is 2. The first kappa shape index (κ1) is 26.6. The molecule has 2 aliphatic rings. The van der Waals surface area contributed by atoms with Gasteiger partial charge in [-0.05, 0) is 30.7 Å². The molecule has 0 saturated carbocycles. The smallest absolute Gasteiger partial charge is 0.409 e. The predicted octanol–water partition coefficient (Wildman–Crippen LogP) is 2.99. The zero-order valence-electron chi connectivity index (χ0n) is 20.7. The second kappa shape index (κ2) is 9.97. The van der Waals surface area contributed by atoms with Crippen molar-refractivity contribution < 1.29 is 13.9 Å². The average Bonchev–Trinajstić information content (AvgIpc) is 3.63. The van der Waals surface area contributed by atoms with Crippen LogP contribution in [0.5, 0.6) is 0 Å². The molecule has 0 aliphatic carbocycles. The molecule has 2 aliphatic heterocycles. The molecule has 2 unspecified atom stereocenters. The van der Waals surface area contributed by atoms with E-state index < -0.39 is 5.69 Å². The standard InChI is InChI=1S/C23H22ClN5O5S2.Na/c1-11-10-35-20(25-11)17-15-16(26(2)22(31)27(3)21(15)30)18-19(13-4-5-14(24)34-13)36-12(9-29(17)18)8-28-6-7-33-23(28)32;/h4-5,10,12,19H,6-9H2,1-3H3;. The first-order valence-electron chi connectivity index (χ1n) is 11.3. The number of nitrogens with zero attached hydrogens (tertiary/aromatic N) is 5. The maximum absolute atomic E-state index is 13.6. The molecule has 1 fully saturated rings. The van der Waals surface area contributed by atoms with Crippen molar-refractivity contribution in [1.29, 1.82) is 0 Å². The first-order chi connectivity index (χ1) is 17.2. The Morgan fingerprint density at radius 2 is 1.97 bits per heavy atom. The number of carbonyl (C=O) groups excluding carboxylic acids is 1. The van der Waals surface area contributed by atoms with E-state index in [0.29, 0.717) is 53.6 Å². The van der Waals surface area contributed by atoms with Crippen LogP contribution in [0, 0.1) is 6.92 Å². The predicted molar refractivity (Wildman–Crippen MR) is 144 cm³/mol. The molecule has 6 rings (SSSR count). The number of ether oxygens (including phenoxy) is 1. The number of aromatic nitrogens is 4. The van der Waals surface area contributed by atoms with Crippen LogP contribution < -0.4 is 11.2 Å². The van der Waals surface area contributed by atoms with Crippen LogP contribution in [-0.4, -0.2) is 84.2 Å². The largest absolute Gasteiger partial charge is 0.448 e. The SMILES string of the molecule is Cc1csc(-c2c3c(=O)n(C)c(=O)n(C)c3c3n2CC(CN2CCOC2=O)SC3c2ccc(Cl)o2)n1.[Na]. The summed E-state index contributed by atoms with van der Waals surface area (Å²) in [7, 11) is 3.16. The van der Waals surface area contributed by atoms with Gasteiger partial charge >= 0.3 is 11.8 Å². The summed E-state index contributed by atoms with van der Waals surface area (Å²) in [5, 5.41) is 2.91. The van der Waals surface area contributed by atoms with Crippen molar-refractivity contribution in [3.8, 4) is 10.7 Å². The fourth-order valence-electron chi connectivity index (χ4n) is 4.99. The molecular weight excluding hydrogens is 549 g/mol. The van der Waals surface area contributed by atoms with E-state index in [1.54, 1.807) is 29.8 Å². The topological polar surface area (TPSA) is 104 Å². The van der Waals surface area contributed by atoms with E-state index in [-0.39, 0.29) is 56.9 Å². The normalized spacial score (nSPS) is 19.2. The van der Waals surface area contributed by atoms with Crippen LogP contribution in [0.2, 0.25) is 5.22 Å². The quantitative estimate of drug-likeness (QED) is 0.347. The number of cyclic esters (lactones) is 1.